The van der Waals surface area contributed by atoms with Crippen LogP contribution in [-0.4, -0.2) is 27.3 Å². The number of benzene rings is 1. The minimum Gasteiger partial charge on any atom is -0.507 e. The molecule has 0 saturated carbocycles. The third-order valence-electron chi connectivity index (χ3n) is 2.23. The van der Waals surface area contributed by atoms with E-state index in [1.54, 1.807) is 0 Å². The van der Waals surface area contributed by atoms with Crippen LogP contribution in [0.3, 0.4) is 0 Å². The van der Waals surface area contributed by atoms with Gasteiger partial charge in [-0.1, -0.05) is 0 Å². The van der Waals surface area contributed by atoms with Gasteiger partial charge < -0.3 is 10.2 Å². The maximum absolute atomic E-state index is 13.5. The number of halogens is 3. The van der Waals surface area contributed by atoms with Gasteiger partial charge in [0.05, 0.1) is 4.92 Å². The number of phenols is 2. The van der Waals surface area contributed by atoms with Crippen LogP contribution in [-0.2, 0) is 0 Å². The predicted octanol–water partition coefficient (Wildman–Crippen LogP) is 1.90. The van der Waals surface area contributed by atoms with Crippen molar-refractivity contribution in [2.24, 2.45) is 0 Å². The Morgan fingerprint density at radius 1 is 1.33 bits per heavy atom. The molecule has 9 heteroatoms. The fraction of sp³-hybridized carbons (Fsp3) is 0.222. The number of ketones is 1. The van der Waals surface area contributed by atoms with Gasteiger partial charge in [-0.2, -0.15) is 4.39 Å². The minimum atomic E-state index is -3.64. The van der Waals surface area contributed by atoms with E-state index in [-0.39, 0.29) is 0 Å². The molecule has 1 aromatic rings. The van der Waals surface area contributed by atoms with Gasteiger partial charge in [-0.15, -0.1) is 0 Å². The van der Waals surface area contributed by atoms with Crippen LogP contribution in [0.15, 0.2) is 0 Å². The first-order valence-corrected chi connectivity index (χ1v) is 4.40. The summed E-state index contributed by atoms with van der Waals surface area (Å²) in [4.78, 5) is 20.1. The zero-order chi connectivity index (χ0) is 14.2. The fourth-order valence-electron chi connectivity index (χ4n) is 1.30. The van der Waals surface area contributed by atoms with Crippen molar-refractivity contribution in [1.29, 1.82) is 0 Å². The number of nitro benzene ring substituents is 1. The number of Topliss-reactive ketones (excluding diaryl/α,β-unsaturated/α-hetero) is 1. The lowest BCUT2D eigenvalue weighted by molar-refractivity contribution is -0.388. The van der Waals surface area contributed by atoms with Crippen molar-refractivity contribution in [2.45, 2.75) is 13.3 Å². The van der Waals surface area contributed by atoms with Crippen LogP contribution in [0.4, 0.5) is 18.9 Å². The van der Waals surface area contributed by atoms with Gasteiger partial charge in [0, 0.05) is 5.56 Å². The molecule has 0 spiro atoms. The van der Waals surface area contributed by atoms with E-state index >= 15 is 0 Å². The molecule has 0 heterocycles. The Kier molecular flexibility index (Phi) is 3.44. The molecular weight excluding hydrogens is 259 g/mol. The van der Waals surface area contributed by atoms with Crippen molar-refractivity contribution in [2.75, 3.05) is 0 Å². The van der Waals surface area contributed by atoms with Crippen molar-refractivity contribution < 1.29 is 33.1 Å². The van der Waals surface area contributed by atoms with Gasteiger partial charge in [0.15, 0.2) is 0 Å². The lowest BCUT2D eigenvalue weighted by Gasteiger charge is -2.09. The molecule has 0 aliphatic rings. The molecule has 0 fully saturated rings. The van der Waals surface area contributed by atoms with E-state index in [4.69, 9.17) is 0 Å². The Morgan fingerprint density at radius 3 is 2.22 bits per heavy atom. The van der Waals surface area contributed by atoms with Crippen LogP contribution in [0.2, 0.25) is 0 Å². The number of nitro groups is 1. The molecule has 1 aromatic carbocycles. The first-order valence-electron chi connectivity index (χ1n) is 4.40. The minimum absolute atomic E-state index is 0.632. The van der Waals surface area contributed by atoms with Gasteiger partial charge >= 0.3 is 12.1 Å². The van der Waals surface area contributed by atoms with Crippen molar-refractivity contribution in [3.05, 3.63) is 27.1 Å². The van der Waals surface area contributed by atoms with E-state index in [2.05, 4.69) is 0 Å². The van der Waals surface area contributed by atoms with Gasteiger partial charge in [-0.3, -0.25) is 14.9 Å². The highest BCUT2D eigenvalue weighted by Crippen LogP contribution is 2.41. The highest BCUT2D eigenvalue weighted by molar-refractivity contribution is 6.02. The number of nitrogens with zero attached hydrogens (tertiary/aromatic N) is 1. The third-order valence-corrected chi connectivity index (χ3v) is 2.23. The molecule has 0 saturated heterocycles. The number of alkyl halides is 2. The Hall–Kier alpha value is -2.32. The molecule has 0 aliphatic carbocycles. The molecule has 0 aromatic heterocycles. The first-order chi connectivity index (χ1) is 8.20. The van der Waals surface area contributed by atoms with Gasteiger partial charge in [0.2, 0.25) is 17.3 Å². The average Bonchev–Trinajstić information content (AvgIpc) is 2.25. The van der Waals surface area contributed by atoms with Crippen LogP contribution in [0.5, 0.6) is 11.5 Å². The summed E-state index contributed by atoms with van der Waals surface area (Å²) in [5.74, 6) is -6.57. The molecular formula is C9H6F3NO5. The van der Waals surface area contributed by atoms with Crippen LogP contribution in [0.1, 0.15) is 15.9 Å². The van der Waals surface area contributed by atoms with Crippen LogP contribution < -0.4 is 0 Å². The lowest BCUT2D eigenvalue weighted by atomic mass is 10.0. The van der Waals surface area contributed by atoms with Crippen LogP contribution in [0.25, 0.3) is 0 Å². The standard InChI is InChI=1S/C9H6F3NO5/c1-2-6(14)3(8(16)9(11)12)4(10)5(7(2)15)13(17)18/h9,14-15H,1H3. The average molecular weight is 265 g/mol. The number of hydrogen-bond acceptors (Lipinski definition) is 5. The number of rotatable bonds is 3. The normalized spacial score (nSPS) is 10.7. The highest BCUT2D eigenvalue weighted by Gasteiger charge is 2.35. The van der Waals surface area contributed by atoms with E-state index in [1.807, 2.05) is 0 Å². The molecule has 0 radical (unpaired) electrons. The summed E-state index contributed by atoms with van der Waals surface area (Å²) in [6.07, 6.45) is -3.64. The largest absolute Gasteiger partial charge is 0.507 e. The Morgan fingerprint density at radius 2 is 1.83 bits per heavy atom. The molecule has 18 heavy (non-hydrogen) atoms. The second kappa shape index (κ2) is 4.51. The Bertz CT molecular complexity index is 544. The predicted molar refractivity (Wildman–Crippen MR) is 51.5 cm³/mol. The number of hydrogen-bond donors (Lipinski definition) is 2. The second-order valence-corrected chi connectivity index (χ2v) is 3.28. The summed E-state index contributed by atoms with van der Waals surface area (Å²) in [6.45, 7) is 0.916. The van der Waals surface area contributed by atoms with Crippen LogP contribution in [0, 0.1) is 22.9 Å². The summed E-state index contributed by atoms with van der Waals surface area (Å²) >= 11 is 0. The molecule has 6 nitrogen and oxygen atoms in total. The third kappa shape index (κ3) is 1.94. The van der Waals surface area contributed by atoms with Crippen molar-refractivity contribution in [1.82, 2.24) is 0 Å². The molecule has 1 rings (SSSR count). The van der Waals surface area contributed by atoms with Gasteiger partial charge in [-0.05, 0) is 6.92 Å². The van der Waals surface area contributed by atoms with Crippen molar-refractivity contribution in [3.8, 4) is 11.5 Å². The maximum Gasteiger partial charge on any atom is 0.347 e. The molecule has 0 aliphatic heterocycles. The van der Waals surface area contributed by atoms with E-state index in [0.29, 0.717) is 0 Å². The highest BCUT2D eigenvalue weighted by atomic mass is 19.3. The Balaban J connectivity index is 3.73. The van der Waals surface area contributed by atoms with Gasteiger partial charge in [0.1, 0.15) is 11.3 Å². The number of phenolic OH excluding ortho intramolecular Hbond substituents is 2. The second-order valence-electron chi connectivity index (χ2n) is 3.28. The van der Waals surface area contributed by atoms with E-state index < -0.39 is 51.3 Å². The zero-order valence-electron chi connectivity index (χ0n) is 8.78. The number of carbonyl (C=O) groups excluding carboxylic acids is 1. The van der Waals surface area contributed by atoms with Crippen molar-refractivity contribution in [3.63, 3.8) is 0 Å². The maximum atomic E-state index is 13.5. The molecule has 98 valence electrons. The van der Waals surface area contributed by atoms with E-state index in [1.165, 1.54) is 0 Å². The van der Waals surface area contributed by atoms with Gasteiger partial charge in [-0.25, -0.2) is 8.78 Å². The monoisotopic (exact) mass is 265 g/mol. The Labute approximate surface area is 97.4 Å². The smallest absolute Gasteiger partial charge is 0.347 e. The van der Waals surface area contributed by atoms with Crippen molar-refractivity contribution >= 4 is 11.5 Å². The summed E-state index contributed by atoms with van der Waals surface area (Å²) in [5, 5.41) is 29.0. The summed E-state index contributed by atoms with van der Waals surface area (Å²) < 4.78 is 37.9. The first kappa shape index (κ1) is 13.7. The quantitative estimate of drug-likeness (QED) is 0.493. The topological polar surface area (TPSA) is 101 Å². The SMILES string of the molecule is Cc1c(O)c(C(=O)C(F)F)c(F)c([N+](=O)[O-])c1O. The van der Waals surface area contributed by atoms with E-state index in [0.717, 1.165) is 6.92 Å². The lowest BCUT2D eigenvalue weighted by Crippen LogP contribution is -2.14. The molecule has 0 atom stereocenters. The summed E-state index contributed by atoms with van der Waals surface area (Å²) in [7, 11) is 0. The summed E-state index contributed by atoms with van der Waals surface area (Å²) in [6, 6.07) is 0. The molecule has 0 amide bonds. The zero-order valence-corrected chi connectivity index (χ0v) is 8.78. The fourth-order valence-corrected chi connectivity index (χ4v) is 1.30. The molecule has 0 unspecified atom stereocenters. The van der Waals surface area contributed by atoms with E-state index in [9.17, 15) is 38.3 Å². The van der Waals surface area contributed by atoms with Crippen LogP contribution >= 0.6 is 0 Å². The van der Waals surface area contributed by atoms with Gasteiger partial charge in [0.25, 0.3) is 0 Å². The molecule has 0 bridgehead atoms. The summed E-state index contributed by atoms with van der Waals surface area (Å²) in [5.41, 5.74) is -3.67. The number of carbonyl (C=O) groups is 1. The number of aromatic hydroxyl groups is 2. The molecule has 2 N–H and O–H groups in total.